The van der Waals surface area contributed by atoms with Gasteiger partial charge in [-0.15, -0.1) is 11.3 Å². The molecule has 0 radical (unpaired) electrons. The summed E-state index contributed by atoms with van der Waals surface area (Å²) in [5.74, 6) is -0.402. The van der Waals surface area contributed by atoms with Crippen molar-refractivity contribution in [2.75, 3.05) is 0 Å². The maximum absolute atomic E-state index is 11.8. The second kappa shape index (κ2) is 4.05. The van der Waals surface area contributed by atoms with Gasteiger partial charge < -0.3 is 9.82 Å². The first-order valence-corrected chi connectivity index (χ1v) is 6.47. The molecular formula is C11H7BrN2O2S. The molecule has 3 rings (SSSR count). The van der Waals surface area contributed by atoms with Crippen molar-refractivity contribution in [1.29, 1.82) is 0 Å². The molecular weight excluding hydrogens is 304 g/mol. The van der Waals surface area contributed by atoms with E-state index in [1.165, 1.54) is 4.73 Å². The van der Waals surface area contributed by atoms with Crippen LogP contribution in [-0.4, -0.2) is 15.7 Å². The zero-order valence-electron chi connectivity index (χ0n) is 8.51. The van der Waals surface area contributed by atoms with Crippen LogP contribution in [0.2, 0.25) is 0 Å². The molecule has 4 nitrogen and oxygen atoms in total. The van der Waals surface area contributed by atoms with Crippen LogP contribution in [0.3, 0.4) is 0 Å². The monoisotopic (exact) mass is 310 g/mol. The molecule has 0 saturated carbocycles. The molecule has 1 N–H and O–H groups in total. The maximum Gasteiger partial charge on any atom is 0.379 e. The number of thiophene rings is 1. The molecule has 0 aliphatic carbocycles. The smallest absolute Gasteiger partial charge is 0.348 e. The van der Waals surface area contributed by atoms with Gasteiger partial charge in [-0.05, 0) is 40.2 Å². The largest absolute Gasteiger partial charge is 0.379 e. The van der Waals surface area contributed by atoms with Gasteiger partial charge in [0.2, 0.25) is 0 Å². The predicted octanol–water partition coefficient (Wildman–Crippen LogP) is 3.06. The Morgan fingerprint density at radius 1 is 1.35 bits per heavy atom. The number of hydrogen-bond acceptors (Lipinski definition) is 3. The van der Waals surface area contributed by atoms with Crippen LogP contribution in [0.15, 0.2) is 40.4 Å². The lowest BCUT2D eigenvalue weighted by Crippen LogP contribution is -2.18. The molecule has 0 bridgehead atoms. The van der Waals surface area contributed by atoms with Gasteiger partial charge in [0.05, 0.1) is 14.0 Å². The summed E-state index contributed by atoms with van der Waals surface area (Å²) in [7, 11) is 0. The number of halogens is 1. The third-order valence-corrected chi connectivity index (χ3v) is 3.85. The fraction of sp³-hybridized carbons (Fsp3) is 0. The first-order valence-electron chi connectivity index (χ1n) is 4.86. The van der Waals surface area contributed by atoms with Gasteiger partial charge in [-0.1, -0.05) is 0 Å². The number of aromatic amines is 1. The molecule has 6 heteroatoms. The highest BCUT2D eigenvalue weighted by molar-refractivity contribution is 9.11. The van der Waals surface area contributed by atoms with Gasteiger partial charge in [0.25, 0.3) is 0 Å². The second-order valence-corrected chi connectivity index (χ2v) is 5.90. The van der Waals surface area contributed by atoms with Crippen molar-refractivity contribution in [3.05, 3.63) is 46.1 Å². The summed E-state index contributed by atoms with van der Waals surface area (Å²) >= 11 is 4.96. The Balaban J connectivity index is 1.88. The topological polar surface area (TPSA) is 47.0 Å². The summed E-state index contributed by atoms with van der Waals surface area (Å²) in [6, 6.07) is 7.30. The highest BCUT2D eigenvalue weighted by Crippen LogP contribution is 2.29. The van der Waals surface area contributed by atoms with Crippen molar-refractivity contribution in [3.8, 4) is 0 Å². The number of carbonyl (C=O) groups is 1. The predicted molar refractivity (Wildman–Crippen MR) is 69.2 cm³/mol. The van der Waals surface area contributed by atoms with E-state index >= 15 is 0 Å². The van der Waals surface area contributed by atoms with Crippen molar-refractivity contribution in [2.45, 2.75) is 0 Å². The lowest BCUT2D eigenvalue weighted by atomic mass is 10.4. The number of hydrogen-bond donors (Lipinski definition) is 1. The minimum absolute atomic E-state index is 0.402. The van der Waals surface area contributed by atoms with Crippen LogP contribution in [0.4, 0.5) is 0 Å². The van der Waals surface area contributed by atoms with Crippen LogP contribution < -0.4 is 4.84 Å². The standard InChI is InChI=1S/C11H7BrN2O2S/c12-10-6-7-9(17-10)5-8(13-7)11(15)16-14-3-1-2-4-14/h1-6,13H. The first kappa shape index (κ1) is 10.6. The molecule has 0 amide bonds. The van der Waals surface area contributed by atoms with Crippen molar-refractivity contribution in [3.63, 3.8) is 0 Å². The molecule has 0 atom stereocenters. The molecule has 0 aliphatic rings. The van der Waals surface area contributed by atoms with Gasteiger partial charge in [0.1, 0.15) is 5.69 Å². The van der Waals surface area contributed by atoms with E-state index in [2.05, 4.69) is 20.9 Å². The lowest BCUT2D eigenvalue weighted by Gasteiger charge is -2.01. The van der Waals surface area contributed by atoms with Gasteiger partial charge in [0.15, 0.2) is 0 Å². The number of rotatable bonds is 2. The van der Waals surface area contributed by atoms with Gasteiger partial charge in [-0.25, -0.2) is 4.79 Å². The number of fused-ring (bicyclic) bond motifs is 1. The zero-order chi connectivity index (χ0) is 11.8. The summed E-state index contributed by atoms with van der Waals surface area (Å²) in [5, 5.41) is 0. The number of nitrogens with one attached hydrogen (secondary N) is 1. The quantitative estimate of drug-likeness (QED) is 0.790. The van der Waals surface area contributed by atoms with Crippen molar-refractivity contribution < 1.29 is 9.63 Å². The van der Waals surface area contributed by atoms with E-state index in [4.69, 9.17) is 4.84 Å². The molecule has 0 saturated heterocycles. The fourth-order valence-corrected chi connectivity index (χ4v) is 3.06. The van der Waals surface area contributed by atoms with Gasteiger partial charge in [-0.3, -0.25) is 0 Å². The highest BCUT2D eigenvalue weighted by Gasteiger charge is 2.13. The van der Waals surface area contributed by atoms with Crippen LogP contribution in [0, 0.1) is 0 Å². The zero-order valence-corrected chi connectivity index (χ0v) is 10.9. The summed E-state index contributed by atoms with van der Waals surface area (Å²) in [4.78, 5) is 19.9. The van der Waals surface area contributed by atoms with E-state index < -0.39 is 5.97 Å². The lowest BCUT2D eigenvalue weighted by molar-refractivity contribution is 0.0457. The molecule has 0 fully saturated rings. The van der Waals surface area contributed by atoms with E-state index in [1.807, 2.05) is 6.07 Å². The Bertz CT molecular complexity index is 637. The molecule has 0 aliphatic heterocycles. The Labute approximate surface area is 109 Å². The van der Waals surface area contributed by atoms with Crippen molar-refractivity contribution in [2.24, 2.45) is 0 Å². The Morgan fingerprint density at radius 2 is 2.12 bits per heavy atom. The molecule has 0 aromatic carbocycles. The maximum atomic E-state index is 11.8. The molecule has 3 heterocycles. The third-order valence-electron chi connectivity index (χ3n) is 2.26. The highest BCUT2D eigenvalue weighted by atomic mass is 79.9. The summed E-state index contributed by atoms with van der Waals surface area (Å²) in [5.41, 5.74) is 1.38. The van der Waals surface area contributed by atoms with Crippen LogP contribution >= 0.6 is 27.3 Å². The van der Waals surface area contributed by atoms with Crippen LogP contribution in [0.5, 0.6) is 0 Å². The van der Waals surface area contributed by atoms with E-state index in [0.717, 1.165) is 14.0 Å². The minimum Gasteiger partial charge on any atom is -0.348 e. The average molecular weight is 311 g/mol. The first-order chi connectivity index (χ1) is 8.22. The van der Waals surface area contributed by atoms with Crippen LogP contribution in [0.1, 0.15) is 10.5 Å². The molecule has 17 heavy (non-hydrogen) atoms. The SMILES string of the molecule is O=C(On1cccc1)c1cc2sc(Br)cc2[nH]1. The van der Waals surface area contributed by atoms with Crippen molar-refractivity contribution >= 4 is 43.5 Å². The molecule has 0 spiro atoms. The van der Waals surface area contributed by atoms with Crippen LogP contribution in [0.25, 0.3) is 10.2 Å². The van der Waals surface area contributed by atoms with E-state index in [1.54, 1.807) is 41.9 Å². The fourth-order valence-electron chi connectivity index (χ4n) is 1.53. The van der Waals surface area contributed by atoms with Gasteiger partial charge in [-0.2, -0.15) is 4.73 Å². The van der Waals surface area contributed by atoms with E-state index in [-0.39, 0.29) is 0 Å². The normalized spacial score (nSPS) is 10.9. The number of aromatic nitrogens is 2. The van der Waals surface area contributed by atoms with Crippen molar-refractivity contribution in [1.82, 2.24) is 9.71 Å². The van der Waals surface area contributed by atoms with Crippen LogP contribution in [-0.2, 0) is 0 Å². The number of nitrogens with zero attached hydrogens (tertiary/aromatic N) is 1. The Kier molecular flexibility index (Phi) is 2.53. The molecule has 3 aromatic heterocycles. The molecule has 0 unspecified atom stereocenters. The summed E-state index contributed by atoms with van der Waals surface area (Å²) < 4.78 is 3.42. The van der Waals surface area contributed by atoms with E-state index in [0.29, 0.717) is 5.69 Å². The Morgan fingerprint density at radius 3 is 2.82 bits per heavy atom. The third kappa shape index (κ3) is 2.01. The van der Waals surface area contributed by atoms with Gasteiger partial charge >= 0.3 is 5.97 Å². The summed E-state index contributed by atoms with van der Waals surface area (Å²) in [6.45, 7) is 0. The Hall–Kier alpha value is -1.53. The average Bonchev–Trinajstić information content (AvgIpc) is 2.92. The molecule has 86 valence electrons. The summed E-state index contributed by atoms with van der Waals surface area (Å²) in [6.07, 6.45) is 3.33. The van der Waals surface area contributed by atoms with E-state index in [9.17, 15) is 4.79 Å². The number of H-pyrrole nitrogens is 1. The second-order valence-electron chi connectivity index (χ2n) is 3.43. The molecule has 3 aromatic rings. The minimum atomic E-state index is -0.402. The number of carbonyl (C=O) groups excluding carboxylic acids is 1. The van der Waals surface area contributed by atoms with Gasteiger partial charge in [0, 0.05) is 12.4 Å².